The molecule has 1 aliphatic rings. The van der Waals surface area contributed by atoms with Gasteiger partial charge in [0.2, 0.25) is 0 Å². The molecule has 1 heterocycles. The average molecular weight is 362 g/mol. The fraction of sp³-hybridized carbons (Fsp3) is 0.176. The van der Waals surface area contributed by atoms with Crippen molar-refractivity contribution in [2.45, 2.75) is 16.2 Å². The summed E-state index contributed by atoms with van der Waals surface area (Å²) in [7, 11) is -4.80. The first kappa shape index (κ1) is 16.9. The molecule has 24 heavy (non-hydrogen) atoms. The molecule has 2 aromatic carbocycles. The topological polar surface area (TPSA) is 66.5 Å². The predicted molar refractivity (Wildman–Crippen MR) is 94.8 cm³/mol. The zero-order valence-electron chi connectivity index (χ0n) is 13.2. The Morgan fingerprint density at radius 2 is 1.71 bits per heavy atom. The zero-order chi connectivity index (χ0) is 17.2. The van der Waals surface area contributed by atoms with Gasteiger partial charge in [-0.2, -0.15) is 0 Å². The predicted octanol–water partition coefficient (Wildman–Crippen LogP) is 2.36. The molecular weight excluding hydrogens is 344 g/mol. The molecule has 0 saturated carbocycles. The first-order valence-corrected chi connectivity index (χ1v) is 10.5. The van der Waals surface area contributed by atoms with Gasteiger partial charge in [0.25, 0.3) is 10.0 Å². The molecule has 5 nitrogen and oxygen atoms in total. The average Bonchev–Trinajstić information content (AvgIpc) is 2.62. The van der Waals surface area contributed by atoms with E-state index in [2.05, 4.69) is 5.43 Å². The number of nitrogens with one attached hydrogen (secondary N) is 1. The van der Waals surface area contributed by atoms with Gasteiger partial charge in [-0.3, -0.25) is 4.21 Å². The van der Waals surface area contributed by atoms with Gasteiger partial charge < -0.3 is 5.43 Å². The van der Waals surface area contributed by atoms with Crippen LogP contribution < -0.4 is 5.43 Å². The molecule has 1 N–H and O–H groups in total. The number of hydrogen-bond donors (Lipinski definition) is 1. The molecule has 126 valence electrons. The number of hydrazine groups is 1. The van der Waals surface area contributed by atoms with Gasteiger partial charge >= 0.3 is 0 Å². The number of nitrogens with zero attached hydrogens (tertiary/aromatic N) is 1. The third kappa shape index (κ3) is 3.43. The van der Waals surface area contributed by atoms with Gasteiger partial charge in [0.1, 0.15) is 0 Å². The maximum atomic E-state index is 12.8. The van der Waals surface area contributed by atoms with Gasteiger partial charge in [-0.25, -0.2) is 8.42 Å². The molecule has 0 spiro atoms. The fourth-order valence-corrected chi connectivity index (χ4v) is 4.29. The van der Waals surface area contributed by atoms with Crippen LogP contribution in [0.1, 0.15) is 12.0 Å². The minimum atomic E-state index is -3.66. The van der Waals surface area contributed by atoms with E-state index in [1.807, 2.05) is 36.4 Å². The summed E-state index contributed by atoms with van der Waals surface area (Å²) in [6, 6.07) is 15.8. The molecule has 0 bridgehead atoms. The van der Waals surface area contributed by atoms with Crippen molar-refractivity contribution in [3.05, 3.63) is 66.2 Å². The van der Waals surface area contributed by atoms with E-state index in [0.29, 0.717) is 17.9 Å². The maximum Gasteiger partial charge on any atom is 0.259 e. The first-order valence-electron chi connectivity index (χ1n) is 7.47. The minimum Gasteiger partial charge on any atom is -0.305 e. The van der Waals surface area contributed by atoms with Crippen molar-refractivity contribution >= 4 is 26.5 Å². The number of rotatable bonds is 4. The van der Waals surface area contributed by atoms with Crippen LogP contribution >= 0.6 is 0 Å². The Labute approximate surface area is 144 Å². The van der Waals surface area contributed by atoms with Crippen LogP contribution in [0.3, 0.4) is 0 Å². The highest BCUT2D eigenvalue weighted by atomic mass is 32.2. The molecule has 0 radical (unpaired) electrons. The Morgan fingerprint density at radius 3 is 2.33 bits per heavy atom. The Balaban J connectivity index is 1.85. The highest BCUT2D eigenvalue weighted by Gasteiger charge is 2.27. The summed E-state index contributed by atoms with van der Waals surface area (Å²) >= 11 is 0. The summed E-state index contributed by atoms with van der Waals surface area (Å²) in [5.41, 5.74) is 4.71. The summed E-state index contributed by atoms with van der Waals surface area (Å²) in [6.45, 7) is 0.361. The van der Waals surface area contributed by atoms with Crippen LogP contribution in [-0.2, 0) is 20.8 Å². The second-order valence-corrected chi connectivity index (χ2v) is 8.63. The van der Waals surface area contributed by atoms with Gasteiger partial charge in [-0.1, -0.05) is 36.4 Å². The second-order valence-electron chi connectivity index (χ2n) is 5.39. The van der Waals surface area contributed by atoms with Gasteiger partial charge in [0.15, 0.2) is 0 Å². The fourth-order valence-electron chi connectivity index (χ4n) is 2.47. The Hall–Kier alpha value is -1.96. The Kier molecular flexibility index (Phi) is 4.84. The molecular formula is C17H18N2O3S2. The van der Waals surface area contributed by atoms with Crippen LogP contribution in [0.2, 0.25) is 0 Å². The van der Waals surface area contributed by atoms with E-state index in [4.69, 9.17) is 0 Å². The highest BCUT2D eigenvalue weighted by molar-refractivity contribution is 7.89. The van der Waals surface area contributed by atoms with Crippen LogP contribution in [0.4, 0.5) is 0 Å². The van der Waals surface area contributed by atoms with Crippen molar-refractivity contribution < 1.29 is 12.6 Å². The molecule has 1 unspecified atom stereocenters. The quantitative estimate of drug-likeness (QED) is 0.907. The number of sulfonamides is 1. The molecule has 0 aromatic heterocycles. The van der Waals surface area contributed by atoms with Crippen LogP contribution in [0.5, 0.6) is 0 Å². The third-order valence-corrected chi connectivity index (χ3v) is 6.41. The Bertz CT molecular complexity index is 876. The summed E-state index contributed by atoms with van der Waals surface area (Å²) in [5.74, 6) is 0. The lowest BCUT2D eigenvalue weighted by molar-refractivity contribution is 0.363. The molecule has 0 saturated heterocycles. The van der Waals surface area contributed by atoms with Crippen molar-refractivity contribution in [2.24, 2.45) is 0 Å². The molecule has 0 aliphatic carbocycles. The van der Waals surface area contributed by atoms with Crippen molar-refractivity contribution in [3.8, 4) is 0 Å². The van der Waals surface area contributed by atoms with E-state index in [1.54, 1.807) is 18.4 Å². The lowest BCUT2D eigenvalue weighted by Gasteiger charge is -2.28. The normalized spacial score (nSPS) is 17.0. The first-order chi connectivity index (χ1) is 11.5. The van der Waals surface area contributed by atoms with E-state index in [-0.39, 0.29) is 4.90 Å². The minimum absolute atomic E-state index is 0.179. The van der Waals surface area contributed by atoms with Gasteiger partial charge in [-0.15, -0.1) is 4.41 Å². The SMILES string of the molecule is CS(=O)c1ccc(S(=O)(=O)N2CCC=C(c3ccccc3)N2)cc1. The highest BCUT2D eigenvalue weighted by Crippen LogP contribution is 2.22. The maximum absolute atomic E-state index is 12.8. The smallest absolute Gasteiger partial charge is 0.259 e. The summed E-state index contributed by atoms with van der Waals surface area (Å²) in [6.07, 6.45) is 4.19. The van der Waals surface area contributed by atoms with Crippen molar-refractivity contribution in [3.63, 3.8) is 0 Å². The van der Waals surface area contributed by atoms with E-state index >= 15 is 0 Å². The Morgan fingerprint density at radius 1 is 1.04 bits per heavy atom. The van der Waals surface area contributed by atoms with Gasteiger partial charge in [0, 0.05) is 28.5 Å². The van der Waals surface area contributed by atoms with E-state index in [1.165, 1.54) is 16.5 Å². The summed E-state index contributed by atoms with van der Waals surface area (Å²) in [5, 5.41) is 0. The molecule has 2 aromatic rings. The molecule has 1 aliphatic heterocycles. The molecule has 0 amide bonds. The second kappa shape index (κ2) is 6.88. The van der Waals surface area contributed by atoms with Crippen LogP contribution in [0, 0.1) is 0 Å². The molecule has 0 fully saturated rings. The number of hydrogen-bond acceptors (Lipinski definition) is 4. The monoisotopic (exact) mass is 362 g/mol. The van der Waals surface area contributed by atoms with Gasteiger partial charge in [-0.05, 0) is 36.2 Å². The van der Waals surface area contributed by atoms with E-state index < -0.39 is 20.8 Å². The number of benzene rings is 2. The summed E-state index contributed by atoms with van der Waals surface area (Å²) in [4.78, 5) is 0.781. The van der Waals surface area contributed by atoms with E-state index in [0.717, 1.165) is 11.3 Å². The largest absolute Gasteiger partial charge is 0.305 e. The van der Waals surface area contributed by atoms with Crippen LogP contribution in [0.25, 0.3) is 5.70 Å². The van der Waals surface area contributed by atoms with Crippen molar-refractivity contribution in [1.29, 1.82) is 0 Å². The standard InChI is InChI=1S/C17H18N2O3S2/c1-23(20)15-9-11-16(12-10-15)24(21,22)19-13-5-8-17(18-19)14-6-3-2-4-7-14/h2-4,6-12,18H,5,13H2,1H3. The summed E-state index contributed by atoms with van der Waals surface area (Å²) < 4.78 is 38.3. The lowest BCUT2D eigenvalue weighted by atomic mass is 10.1. The lowest BCUT2D eigenvalue weighted by Crippen LogP contribution is -2.44. The third-order valence-electron chi connectivity index (χ3n) is 3.75. The van der Waals surface area contributed by atoms with Crippen molar-refractivity contribution in [2.75, 3.05) is 12.8 Å². The van der Waals surface area contributed by atoms with Crippen LogP contribution in [0.15, 0.2) is 70.5 Å². The molecule has 1 atom stereocenters. The molecule has 7 heteroatoms. The zero-order valence-corrected chi connectivity index (χ0v) is 14.8. The molecule has 3 rings (SSSR count). The van der Waals surface area contributed by atoms with Crippen LogP contribution in [-0.4, -0.2) is 29.8 Å². The van der Waals surface area contributed by atoms with E-state index in [9.17, 15) is 12.6 Å². The van der Waals surface area contributed by atoms with Crippen molar-refractivity contribution in [1.82, 2.24) is 9.84 Å². The van der Waals surface area contributed by atoms with Gasteiger partial charge in [0.05, 0.1) is 10.6 Å².